The van der Waals surface area contributed by atoms with Crippen molar-refractivity contribution in [3.8, 4) is 22.7 Å². The summed E-state index contributed by atoms with van der Waals surface area (Å²) in [7, 11) is 1.61. The van der Waals surface area contributed by atoms with E-state index in [0.29, 0.717) is 12.2 Å². The fraction of sp³-hybridized carbons (Fsp3) is 0.100. The van der Waals surface area contributed by atoms with Gasteiger partial charge in [-0.25, -0.2) is 4.68 Å². The normalized spacial score (nSPS) is 10.6. The number of benzene rings is 1. The molecule has 0 saturated heterocycles. The first-order chi connectivity index (χ1) is 13.8. The number of carbonyl (C=O) groups is 1. The molecule has 0 aliphatic carbocycles. The summed E-state index contributed by atoms with van der Waals surface area (Å²) < 4.78 is 6.85. The maximum Gasteiger partial charge on any atom is 0.274 e. The number of carbonyl (C=O) groups excluding carboxylic acids is 1. The molecular formula is C20H17N5O2S. The van der Waals surface area contributed by atoms with Crippen LogP contribution in [0.5, 0.6) is 5.75 Å². The van der Waals surface area contributed by atoms with Crippen LogP contribution in [0.2, 0.25) is 0 Å². The zero-order chi connectivity index (χ0) is 19.3. The number of aromatic nitrogens is 4. The highest BCUT2D eigenvalue weighted by atomic mass is 32.1. The average Bonchev–Trinajstić information content (AvgIpc) is 3.43. The van der Waals surface area contributed by atoms with Crippen LogP contribution in [0.4, 0.5) is 0 Å². The van der Waals surface area contributed by atoms with Crippen LogP contribution >= 0.6 is 11.3 Å². The molecule has 0 fully saturated rings. The van der Waals surface area contributed by atoms with Crippen LogP contribution in [0.25, 0.3) is 16.9 Å². The lowest BCUT2D eigenvalue weighted by molar-refractivity contribution is 0.0947. The van der Waals surface area contributed by atoms with Crippen molar-refractivity contribution in [3.63, 3.8) is 0 Å². The molecule has 4 aromatic rings. The molecule has 0 radical (unpaired) electrons. The lowest BCUT2D eigenvalue weighted by Crippen LogP contribution is -2.23. The number of amides is 1. The van der Waals surface area contributed by atoms with E-state index in [4.69, 9.17) is 4.74 Å². The fourth-order valence-corrected chi connectivity index (χ4v) is 3.41. The number of nitrogens with zero attached hydrogens (tertiary/aromatic N) is 4. The lowest BCUT2D eigenvalue weighted by atomic mass is 10.1. The predicted octanol–water partition coefficient (Wildman–Crippen LogP) is 3.33. The molecule has 0 aliphatic rings. The number of hydrogen-bond acceptors (Lipinski definition) is 6. The maximum atomic E-state index is 12.8. The van der Waals surface area contributed by atoms with Crippen LogP contribution in [0.3, 0.4) is 0 Å². The average molecular weight is 391 g/mol. The van der Waals surface area contributed by atoms with E-state index in [1.54, 1.807) is 35.5 Å². The minimum absolute atomic E-state index is 0.250. The second-order valence-electron chi connectivity index (χ2n) is 5.90. The van der Waals surface area contributed by atoms with Crippen LogP contribution in [0.1, 0.15) is 15.4 Å². The molecule has 0 bridgehead atoms. The Morgan fingerprint density at radius 3 is 2.71 bits per heavy atom. The monoisotopic (exact) mass is 391 g/mol. The summed E-state index contributed by atoms with van der Waals surface area (Å²) in [5.41, 5.74) is 2.36. The molecule has 3 heterocycles. The standard InChI is InChI=1S/C20H17N5O2S/c1-27-16-8-6-15(7-9-16)25-19(14-4-2-10-21-12-14)18(23-24-25)20(26)22-13-17-5-3-11-28-17/h2-12H,13H2,1H3,(H,22,26). The SMILES string of the molecule is COc1ccc(-n2nnc(C(=O)NCc3cccs3)c2-c2cccnc2)cc1. The summed E-state index contributed by atoms with van der Waals surface area (Å²) >= 11 is 1.59. The summed E-state index contributed by atoms with van der Waals surface area (Å²) in [5.74, 6) is 0.452. The van der Waals surface area contributed by atoms with Crippen LogP contribution in [0.15, 0.2) is 66.3 Å². The van der Waals surface area contributed by atoms with Gasteiger partial charge in [0.15, 0.2) is 5.69 Å². The third kappa shape index (κ3) is 3.63. The number of nitrogens with one attached hydrogen (secondary N) is 1. The highest BCUT2D eigenvalue weighted by Crippen LogP contribution is 2.25. The van der Waals surface area contributed by atoms with Gasteiger partial charge in [-0.3, -0.25) is 9.78 Å². The lowest BCUT2D eigenvalue weighted by Gasteiger charge is -2.09. The Kier molecular flexibility index (Phi) is 5.11. The van der Waals surface area contributed by atoms with Gasteiger partial charge in [0, 0.05) is 22.8 Å². The smallest absolute Gasteiger partial charge is 0.274 e. The molecule has 140 valence electrons. The highest BCUT2D eigenvalue weighted by Gasteiger charge is 2.22. The second-order valence-corrected chi connectivity index (χ2v) is 6.93. The molecule has 0 atom stereocenters. The maximum absolute atomic E-state index is 12.8. The summed E-state index contributed by atoms with van der Waals surface area (Å²) in [6.45, 7) is 0.443. The Labute approximate surface area is 165 Å². The van der Waals surface area contributed by atoms with Gasteiger partial charge in [0.25, 0.3) is 5.91 Å². The van der Waals surface area contributed by atoms with Gasteiger partial charge >= 0.3 is 0 Å². The van der Waals surface area contributed by atoms with Crippen molar-refractivity contribution < 1.29 is 9.53 Å². The van der Waals surface area contributed by atoms with Gasteiger partial charge in [-0.15, -0.1) is 16.4 Å². The Morgan fingerprint density at radius 1 is 1.18 bits per heavy atom. The molecule has 0 aliphatic heterocycles. The molecule has 1 N–H and O–H groups in total. The van der Waals surface area contributed by atoms with Crippen LogP contribution in [-0.4, -0.2) is 33.0 Å². The van der Waals surface area contributed by atoms with E-state index in [-0.39, 0.29) is 11.6 Å². The quantitative estimate of drug-likeness (QED) is 0.545. The van der Waals surface area contributed by atoms with Gasteiger partial charge in [-0.2, -0.15) is 0 Å². The first-order valence-electron chi connectivity index (χ1n) is 8.57. The first-order valence-corrected chi connectivity index (χ1v) is 9.45. The summed E-state index contributed by atoms with van der Waals surface area (Å²) in [6.07, 6.45) is 3.37. The molecule has 4 rings (SSSR count). The molecule has 7 nitrogen and oxygen atoms in total. The van der Waals surface area contributed by atoms with Crippen molar-refractivity contribution in [1.29, 1.82) is 0 Å². The van der Waals surface area contributed by atoms with E-state index in [9.17, 15) is 4.79 Å². The molecule has 1 amide bonds. The minimum Gasteiger partial charge on any atom is -0.497 e. The minimum atomic E-state index is -0.285. The Bertz CT molecular complexity index is 1060. The highest BCUT2D eigenvalue weighted by molar-refractivity contribution is 7.09. The van der Waals surface area contributed by atoms with Gasteiger partial charge in [0.05, 0.1) is 19.3 Å². The molecule has 0 spiro atoms. The molecule has 28 heavy (non-hydrogen) atoms. The Hall–Kier alpha value is -3.52. The zero-order valence-corrected chi connectivity index (χ0v) is 15.9. The van der Waals surface area contributed by atoms with E-state index < -0.39 is 0 Å². The van der Waals surface area contributed by atoms with Crippen LogP contribution in [0, 0.1) is 0 Å². The number of methoxy groups -OCH3 is 1. The number of rotatable bonds is 6. The van der Waals surface area contributed by atoms with Crippen molar-refractivity contribution in [2.75, 3.05) is 7.11 Å². The topological polar surface area (TPSA) is 81.9 Å². The van der Waals surface area contributed by atoms with Crippen molar-refractivity contribution in [1.82, 2.24) is 25.3 Å². The van der Waals surface area contributed by atoms with Crippen molar-refractivity contribution in [2.45, 2.75) is 6.54 Å². The van der Waals surface area contributed by atoms with Gasteiger partial charge in [0.1, 0.15) is 11.4 Å². The van der Waals surface area contributed by atoms with Gasteiger partial charge in [-0.1, -0.05) is 11.3 Å². The number of ether oxygens (including phenoxy) is 1. The number of hydrogen-bond donors (Lipinski definition) is 1. The van der Waals surface area contributed by atoms with E-state index >= 15 is 0 Å². The number of thiophene rings is 1. The van der Waals surface area contributed by atoms with E-state index in [2.05, 4.69) is 20.6 Å². The van der Waals surface area contributed by atoms with Gasteiger partial charge < -0.3 is 10.1 Å². The Balaban J connectivity index is 1.72. The molecule has 3 aromatic heterocycles. The summed E-state index contributed by atoms with van der Waals surface area (Å²) in [5, 5.41) is 13.3. The van der Waals surface area contributed by atoms with Gasteiger partial charge in [-0.05, 0) is 47.8 Å². The van der Waals surface area contributed by atoms with Crippen molar-refractivity contribution in [3.05, 3.63) is 76.9 Å². The van der Waals surface area contributed by atoms with Crippen LogP contribution in [-0.2, 0) is 6.54 Å². The van der Waals surface area contributed by atoms with Gasteiger partial charge in [0.2, 0.25) is 0 Å². The van der Waals surface area contributed by atoms with Crippen LogP contribution < -0.4 is 10.1 Å². The predicted molar refractivity (Wildman–Crippen MR) is 107 cm³/mol. The van der Waals surface area contributed by atoms with E-state index in [1.807, 2.05) is 53.9 Å². The van der Waals surface area contributed by atoms with E-state index in [0.717, 1.165) is 21.9 Å². The zero-order valence-electron chi connectivity index (χ0n) is 15.1. The van der Waals surface area contributed by atoms with E-state index in [1.165, 1.54) is 0 Å². The summed E-state index contributed by atoms with van der Waals surface area (Å²) in [4.78, 5) is 18.1. The van der Waals surface area contributed by atoms with Crippen molar-refractivity contribution in [2.24, 2.45) is 0 Å². The number of pyridine rings is 1. The van der Waals surface area contributed by atoms with Crippen molar-refractivity contribution >= 4 is 17.2 Å². The summed E-state index contributed by atoms with van der Waals surface area (Å²) in [6, 6.07) is 15.0. The molecule has 0 unspecified atom stereocenters. The largest absolute Gasteiger partial charge is 0.497 e. The fourth-order valence-electron chi connectivity index (χ4n) is 2.77. The molecule has 1 aromatic carbocycles. The molecular weight excluding hydrogens is 374 g/mol. The molecule has 8 heteroatoms. The third-order valence-corrected chi connectivity index (χ3v) is 5.02. The molecule has 0 saturated carbocycles. The third-order valence-electron chi connectivity index (χ3n) is 4.14. The first kappa shape index (κ1) is 17.9. The Morgan fingerprint density at radius 2 is 2.04 bits per heavy atom. The second kappa shape index (κ2) is 8.01.